The van der Waals surface area contributed by atoms with Crippen LogP contribution in [0.15, 0.2) is 0 Å². The highest BCUT2D eigenvalue weighted by Crippen LogP contribution is 2.20. The first-order valence-corrected chi connectivity index (χ1v) is 40.9. The molecule has 14 atom stereocenters. The summed E-state index contributed by atoms with van der Waals surface area (Å²) in [7, 11) is 1.45. The number of nitrogens with zero attached hydrogens (tertiary/aromatic N) is 13. The number of rotatable bonds is 54. The first-order chi connectivity index (χ1) is 51.4. The minimum Gasteiger partial charge on any atom is -0.392 e. The second-order valence-corrected chi connectivity index (χ2v) is 30.8. The van der Waals surface area contributed by atoms with Crippen LogP contribution in [-0.2, 0) is 62.3 Å². The maximum atomic E-state index is 15.0. The molecule has 0 aromatic heterocycles. The van der Waals surface area contributed by atoms with Crippen molar-refractivity contribution in [1.82, 2.24) is 69.0 Å². The summed E-state index contributed by atoms with van der Waals surface area (Å²) in [5, 5.41) is 34.0. The predicted molar refractivity (Wildman–Crippen MR) is 428 cm³/mol. The van der Waals surface area contributed by atoms with Gasteiger partial charge in [-0.25, -0.2) is 0 Å². The SMILES string of the molecule is CCC(C)NCC(=O)N(CC(=O)N(CC(=O)N(CC(=O)N(CC(=O)N(CC(=O)N(CC(=O)N(CC(=O)N(CC(=O)N(CC(=O)N(CC(=O)N(CC(=O)N(CC(=O)N(C)CC(C)O)CC(C)O)CC(C)O)C(C)CC)C(C)CC)C(C)CC)C(C)CC)C(C)CC)C(C)CC)C(C)CC)C(C)CC)C(C)CC)C(C)CC. The van der Waals surface area contributed by atoms with E-state index >= 15 is 0 Å². The van der Waals surface area contributed by atoms with E-state index < -0.39 is 209 Å². The summed E-state index contributed by atoms with van der Waals surface area (Å²) in [5.74, 6) is -7.03. The predicted octanol–water partition coefficient (Wildman–Crippen LogP) is 4.90. The van der Waals surface area contributed by atoms with Gasteiger partial charge in [0.05, 0.1) is 37.9 Å². The van der Waals surface area contributed by atoms with Crippen LogP contribution in [0, 0.1) is 0 Å². The lowest BCUT2D eigenvalue weighted by atomic mass is 10.1. The van der Waals surface area contributed by atoms with Gasteiger partial charge in [-0.1, -0.05) is 76.2 Å². The Bertz CT molecular complexity index is 2890. The molecule has 0 saturated carbocycles. The average Bonchev–Trinajstić information content (AvgIpc) is 0.832. The van der Waals surface area contributed by atoms with Gasteiger partial charge in [-0.3, -0.25) is 62.3 Å². The smallest absolute Gasteiger partial charge is 0.242 e. The monoisotopic (exact) mass is 1560 g/mol. The van der Waals surface area contributed by atoms with Crippen molar-refractivity contribution in [2.45, 2.75) is 328 Å². The number of aliphatic hydroxyl groups excluding tert-OH is 3. The maximum absolute atomic E-state index is 15.0. The van der Waals surface area contributed by atoms with Gasteiger partial charge in [-0.15, -0.1) is 0 Å². The van der Waals surface area contributed by atoms with E-state index in [0.29, 0.717) is 64.2 Å². The van der Waals surface area contributed by atoms with E-state index in [2.05, 4.69) is 5.32 Å². The fourth-order valence-corrected chi connectivity index (χ4v) is 12.2. The van der Waals surface area contributed by atoms with Crippen molar-refractivity contribution in [2.75, 3.05) is 112 Å². The van der Waals surface area contributed by atoms with Gasteiger partial charge in [0.1, 0.15) is 65.4 Å². The lowest BCUT2D eigenvalue weighted by Gasteiger charge is -2.39. The van der Waals surface area contributed by atoms with Crippen LogP contribution in [0.25, 0.3) is 0 Å². The molecule has 0 rings (SSSR count). The van der Waals surface area contributed by atoms with E-state index in [1.165, 1.54) is 76.8 Å². The molecule has 4 N–H and O–H groups in total. The third-order valence-corrected chi connectivity index (χ3v) is 22.0. The Morgan fingerprint density at radius 1 is 0.227 bits per heavy atom. The van der Waals surface area contributed by atoms with Gasteiger partial charge >= 0.3 is 0 Å². The lowest BCUT2D eigenvalue weighted by molar-refractivity contribution is -0.153. The molecule has 0 aliphatic rings. The molecule has 30 heteroatoms. The highest BCUT2D eigenvalue weighted by Gasteiger charge is 2.39. The van der Waals surface area contributed by atoms with Crippen LogP contribution in [0.5, 0.6) is 0 Å². The molecule has 0 aliphatic carbocycles. The minimum absolute atomic E-state index is 0.0212. The van der Waals surface area contributed by atoms with Crippen LogP contribution in [0.2, 0.25) is 0 Å². The number of nitrogens with one attached hydrogen (secondary N) is 1. The molecule has 0 aromatic rings. The molecule has 110 heavy (non-hydrogen) atoms. The third-order valence-electron chi connectivity index (χ3n) is 22.0. The topological polar surface area (TPSA) is 337 Å². The van der Waals surface area contributed by atoms with Gasteiger partial charge in [0.2, 0.25) is 76.8 Å². The zero-order valence-electron chi connectivity index (χ0n) is 72.6. The summed E-state index contributed by atoms with van der Waals surface area (Å²) in [5.41, 5.74) is 0. The van der Waals surface area contributed by atoms with Gasteiger partial charge in [0.25, 0.3) is 0 Å². The fourth-order valence-electron chi connectivity index (χ4n) is 12.2. The molecule has 0 spiro atoms. The summed E-state index contributed by atoms with van der Waals surface area (Å²) < 4.78 is 0. The Labute approximate surface area is 660 Å². The Morgan fingerprint density at radius 3 is 0.564 bits per heavy atom. The van der Waals surface area contributed by atoms with E-state index in [4.69, 9.17) is 0 Å². The number of carbonyl (C=O) groups is 13. The van der Waals surface area contributed by atoms with Crippen molar-refractivity contribution in [2.24, 2.45) is 0 Å². The van der Waals surface area contributed by atoms with Crippen LogP contribution in [0.1, 0.15) is 244 Å². The van der Waals surface area contributed by atoms with Crippen molar-refractivity contribution in [3.05, 3.63) is 0 Å². The molecule has 13 amide bonds. The zero-order chi connectivity index (χ0) is 84.9. The number of likely N-dealkylation sites (N-methyl/N-ethyl adjacent to an activating group) is 1. The number of hydrogen-bond acceptors (Lipinski definition) is 17. The van der Waals surface area contributed by atoms with Gasteiger partial charge in [0, 0.05) is 93.1 Å². The number of carbonyl (C=O) groups excluding carboxylic acids is 13. The van der Waals surface area contributed by atoms with E-state index in [1.807, 2.05) is 104 Å². The Balaban J connectivity index is 7.22. The van der Waals surface area contributed by atoms with Crippen LogP contribution in [0.4, 0.5) is 0 Å². The zero-order valence-corrected chi connectivity index (χ0v) is 72.6. The molecule has 0 fully saturated rings. The second kappa shape index (κ2) is 52.3. The minimum atomic E-state index is -1.13. The van der Waals surface area contributed by atoms with Crippen LogP contribution in [0.3, 0.4) is 0 Å². The highest BCUT2D eigenvalue weighted by molar-refractivity contribution is 5.96. The standard InChI is InChI=1S/C80H150N14O16/c1-27-54(12)81-38-68(98)85(55(13)28-2)45-72(102)87(57(15)30-4)47-74(104)89(59(17)32-6)49-76(106)91(61(19)34-8)51-78(108)93(63(21)36-10)53-80(110)94(64(22)37-11)52-79(109)92(62(20)35-9)50-77(107)90(60(18)33-7)48-75(105)88(58(16)31-5)46-73(103)86(56(14)29-3)44-71(101)84(41-67(25)97)43-70(100)83(40-66(24)96)42-69(99)82(26)39-65(23)95/h54-67,81,95-97H,27-53H2,1-26H3. The van der Waals surface area contributed by atoms with E-state index in [9.17, 15) is 77.6 Å². The summed E-state index contributed by atoms with van der Waals surface area (Å²) >= 11 is 0. The van der Waals surface area contributed by atoms with Gasteiger partial charge in [-0.05, 0) is 168 Å². The number of hydrogen-bond donors (Lipinski definition) is 4. The summed E-state index contributed by atoms with van der Waals surface area (Å²) in [6, 6.07) is -4.82. The Hall–Kier alpha value is -7.05. The molecule has 0 bridgehead atoms. The van der Waals surface area contributed by atoms with Crippen LogP contribution < -0.4 is 5.32 Å². The molecule has 0 aromatic carbocycles. The van der Waals surface area contributed by atoms with Gasteiger partial charge in [0.15, 0.2) is 0 Å². The molecule has 636 valence electrons. The van der Waals surface area contributed by atoms with Crippen LogP contribution >= 0.6 is 0 Å². The van der Waals surface area contributed by atoms with Crippen molar-refractivity contribution < 1.29 is 77.6 Å². The Kier molecular flexibility index (Phi) is 48.9. The molecule has 14 unspecified atom stereocenters. The lowest BCUT2D eigenvalue weighted by Crippen LogP contribution is -2.57. The molecule has 0 saturated heterocycles. The second-order valence-electron chi connectivity index (χ2n) is 30.8. The fraction of sp³-hybridized carbons (Fsp3) is 0.838. The maximum Gasteiger partial charge on any atom is 0.242 e. The number of amides is 13. The quantitative estimate of drug-likeness (QED) is 0.0629. The number of aliphatic hydroxyl groups is 3. The van der Waals surface area contributed by atoms with Gasteiger partial charge in [-0.2, -0.15) is 0 Å². The first kappa shape index (κ1) is 103. The largest absolute Gasteiger partial charge is 0.392 e. The van der Waals surface area contributed by atoms with Gasteiger partial charge < -0.3 is 84.3 Å². The Morgan fingerprint density at radius 2 is 0.391 bits per heavy atom. The first-order valence-electron chi connectivity index (χ1n) is 40.9. The van der Waals surface area contributed by atoms with Crippen molar-refractivity contribution in [1.29, 1.82) is 0 Å². The van der Waals surface area contributed by atoms with E-state index in [0.717, 1.165) is 16.2 Å². The normalized spacial score (nSPS) is 15.2. The van der Waals surface area contributed by atoms with Crippen LogP contribution in [-0.4, -0.2) is 352 Å². The molecule has 0 heterocycles. The summed E-state index contributed by atoms with van der Waals surface area (Å²) in [4.78, 5) is 206. The summed E-state index contributed by atoms with van der Waals surface area (Å²) in [6.45, 7) is 38.8. The molecular weight excluding hydrogens is 1410 g/mol. The molecule has 0 radical (unpaired) electrons. The molecule has 30 nitrogen and oxygen atoms in total. The average molecular weight is 1560 g/mol. The van der Waals surface area contributed by atoms with E-state index in [-0.39, 0.29) is 57.3 Å². The molecule has 0 aliphatic heterocycles. The highest BCUT2D eigenvalue weighted by atomic mass is 16.3. The third kappa shape index (κ3) is 34.1. The van der Waals surface area contributed by atoms with Crippen molar-refractivity contribution in [3.8, 4) is 0 Å². The van der Waals surface area contributed by atoms with Crippen molar-refractivity contribution in [3.63, 3.8) is 0 Å². The molecular formula is C80H150N14O16. The summed E-state index contributed by atoms with van der Waals surface area (Å²) in [6.07, 6.45) is 2.15. The van der Waals surface area contributed by atoms with E-state index in [1.54, 1.807) is 53.4 Å². The van der Waals surface area contributed by atoms with Crippen molar-refractivity contribution >= 4 is 76.8 Å².